The van der Waals surface area contributed by atoms with Crippen LogP contribution < -0.4 is 10.6 Å². The number of imidazole rings is 1. The molecule has 1 fully saturated rings. The highest BCUT2D eigenvalue weighted by atomic mass is 16.5. The van der Waals surface area contributed by atoms with E-state index in [2.05, 4.69) is 29.5 Å². The van der Waals surface area contributed by atoms with Gasteiger partial charge in [-0.3, -0.25) is 0 Å². The molecule has 0 spiro atoms. The van der Waals surface area contributed by atoms with E-state index < -0.39 is 0 Å². The Kier molecular flexibility index (Phi) is 4.82. The van der Waals surface area contributed by atoms with E-state index in [0.717, 1.165) is 50.7 Å². The molecule has 2 rings (SSSR count). The normalized spacial score (nSPS) is 23.3. The van der Waals surface area contributed by atoms with Crippen LogP contribution in [0.2, 0.25) is 0 Å². The summed E-state index contributed by atoms with van der Waals surface area (Å²) < 4.78 is 7.38. The zero-order valence-corrected chi connectivity index (χ0v) is 12.3. The number of methoxy groups -OCH3 is 1. The van der Waals surface area contributed by atoms with Crippen molar-refractivity contribution in [3.63, 3.8) is 0 Å². The lowest BCUT2D eigenvalue weighted by Gasteiger charge is -2.18. The van der Waals surface area contributed by atoms with Crippen LogP contribution in [-0.4, -0.2) is 42.4 Å². The Hall–Kier alpha value is -1.07. The van der Waals surface area contributed by atoms with Crippen molar-refractivity contribution in [1.82, 2.24) is 9.55 Å². The number of hydrogen-bond acceptors (Lipinski definition) is 4. The van der Waals surface area contributed by atoms with Crippen molar-refractivity contribution in [2.45, 2.75) is 39.3 Å². The Balaban J connectivity index is 2.11. The molecule has 2 unspecified atom stereocenters. The van der Waals surface area contributed by atoms with E-state index in [1.165, 1.54) is 0 Å². The molecule has 0 saturated carbocycles. The van der Waals surface area contributed by atoms with Crippen LogP contribution >= 0.6 is 0 Å². The van der Waals surface area contributed by atoms with Gasteiger partial charge in [-0.15, -0.1) is 0 Å². The minimum absolute atomic E-state index is 0.259. The smallest absolute Gasteiger partial charge is 0.205 e. The van der Waals surface area contributed by atoms with E-state index in [9.17, 15) is 0 Å². The lowest BCUT2D eigenvalue weighted by atomic mass is 10.1. The van der Waals surface area contributed by atoms with Gasteiger partial charge in [-0.25, -0.2) is 4.98 Å². The summed E-state index contributed by atoms with van der Waals surface area (Å²) in [6.07, 6.45) is 4.15. The second kappa shape index (κ2) is 6.39. The third-order valence-electron chi connectivity index (χ3n) is 3.87. The van der Waals surface area contributed by atoms with Crippen LogP contribution in [0.15, 0.2) is 6.20 Å². The summed E-state index contributed by atoms with van der Waals surface area (Å²) in [7, 11) is 1.74. The molecule has 1 aromatic heterocycles. The van der Waals surface area contributed by atoms with Crippen molar-refractivity contribution < 1.29 is 4.74 Å². The molecule has 0 bridgehead atoms. The summed E-state index contributed by atoms with van der Waals surface area (Å²) in [5, 5.41) is 0. The molecule has 2 N–H and O–H groups in total. The first-order valence-electron chi connectivity index (χ1n) is 7.21. The highest BCUT2D eigenvalue weighted by molar-refractivity contribution is 5.36. The van der Waals surface area contributed by atoms with Gasteiger partial charge in [0.05, 0.1) is 5.69 Å². The van der Waals surface area contributed by atoms with E-state index in [-0.39, 0.29) is 6.04 Å². The largest absolute Gasteiger partial charge is 0.385 e. The van der Waals surface area contributed by atoms with Crippen LogP contribution in [0.4, 0.5) is 5.95 Å². The summed E-state index contributed by atoms with van der Waals surface area (Å²) in [6.45, 7) is 8.01. The van der Waals surface area contributed by atoms with E-state index in [1.54, 1.807) is 7.11 Å². The predicted octanol–water partition coefficient (Wildman–Crippen LogP) is 1.27. The second-order valence-corrected chi connectivity index (χ2v) is 5.47. The maximum atomic E-state index is 6.12. The molecule has 0 aliphatic carbocycles. The minimum atomic E-state index is 0.259. The fourth-order valence-electron chi connectivity index (χ4n) is 2.58. The predicted molar refractivity (Wildman–Crippen MR) is 77.5 cm³/mol. The van der Waals surface area contributed by atoms with Crippen LogP contribution in [0.3, 0.4) is 0 Å². The van der Waals surface area contributed by atoms with E-state index in [1.807, 2.05) is 0 Å². The first-order valence-corrected chi connectivity index (χ1v) is 7.21. The van der Waals surface area contributed by atoms with Gasteiger partial charge < -0.3 is 19.9 Å². The van der Waals surface area contributed by atoms with Gasteiger partial charge in [-0.2, -0.15) is 0 Å². The van der Waals surface area contributed by atoms with Crippen molar-refractivity contribution >= 4 is 5.95 Å². The summed E-state index contributed by atoms with van der Waals surface area (Å²) in [6, 6.07) is 0.259. The molecule has 5 nitrogen and oxygen atoms in total. The molecule has 2 atom stereocenters. The Morgan fingerprint density at radius 1 is 1.47 bits per heavy atom. The molecule has 1 aromatic rings. The zero-order valence-electron chi connectivity index (χ0n) is 12.3. The van der Waals surface area contributed by atoms with Crippen molar-refractivity contribution in [1.29, 1.82) is 0 Å². The average molecular weight is 266 g/mol. The van der Waals surface area contributed by atoms with Crippen molar-refractivity contribution in [2.24, 2.45) is 11.7 Å². The van der Waals surface area contributed by atoms with Gasteiger partial charge in [-0.05, 0) is 18.8 Å². The molecular formula is C14H26N4O. The molecule has 0 radical (unpaired) electrons. The summed E-state index contributed by atoms with van der Waals surface area (Å²) in [5.74, 6) is 1.61. The summed E-state index contributed by atoms with van der Waals surface area (Å²) in [4.78, 5) is 7.07. The van der Waals surface area contributed by atoms with E-state index in [0.29, 0.717) is 5.92 Å². The lowest BCUT2D eigenvalue weighted by Crippen LogP contribution is -2.29. The molecule has 0 amide bonds. The van der Waals surface area contributed by atoms with Gasteiger partial charge in [0.2, 0.25) is 5.95 Å². The minimum Gasteiger partial charge on any atom is -0.385 e. The standard InChI is InChI=1S/C14H26N4O/c1-4-12-9-17(6-5-7-19-3)14(16-12)18-8-11(2)13(15)10-18/h9,11,13H,4-8,10,15H2,1-3H3. The average Bonchev–Trinajstić information content (AvgIpc) is 2.94. The van der Waals surface area contributed by atoms with Gasteiger partial charge >= 0.3 is 0 Å². The number of hydrogen-bond donors (Lipinski definition) is 1. The van der Waals surface area contributed by atoms with Crippen LogP contribution in [0.25, 0.3) is 0 Å². The Morgan fingerprint density at radius 2 is 2.26 bits per heavy atom. The Bertz CT molecular complexity index is 394. The van der Waals surface area contributed by atoms with Gasteiger partial charge in [0.1, 0.15) is 0 Å². The maximum Gasteiger partial charge on any atom is 0.205 e. The molecule has 5 heteroatoms. The van der Waals surface area contributed by atoms with Crippen molar-refractivity contribution in [3.8, 4) is 0 Å². The van der Waals surface area contributed by atoms with Crippen LogP contribution in [0, 0.1) is 5.92 Å². The molecule has 1 aliphatic heterocycles. The molecule has 108 valence electrons. The van der Waals surface area contributed by atoms with Gasteiger partial charge in [0.15, 0.2) is 0 Å². The molecule has 19 heavy (non-hydrogen) atoms. The monoisotopic (exact) mass is 266 g/mol. The number of ether oxygens (including phenoxy) is 1. The number of aryl methyl sites for hydroxylation is 2. The quantitative estimate of drug-likeness (QED) is 0.788. The van der Waals surface area contributed by atoms with Crippen LogP contribution in [0.1, 0.15) is 26.0 Å². The van der Waals surface area contributed by atoms with Gasteiger partial charge in [-0.1, -0.05) is 13.8 Å². The molecule has 1 aliphatic rings. The lowest BCUT2D eigenvalue weighted by molar-refractivity contribution is 0.190. The SMILES string of the molecule is CCc1cn(CCCOC)c(N2CC(C)C(N)C2)n1. The zero-order chi connectivity index (χ0) is 13.8. The number of nitrogens with zero attached hydrogens (tertiary/aromatic N) is 3. The summed E-state index contributed by atoms with van der Waals surface area (Å²) in [5.41, 5.74) is 7.27. The molecular weight excluding hydrogens is 240 g/mol. The molecule has 0 aromatic carbocycles. The number of aromatic nitrogens is 2. The third-order valence-corrected chi connectivity index (χ3v) is 3.87. The number of anilines is 1. The molecule has 2 heterocycles. The first-order chi connectivity index (χ1) is 9.15. The molecule has 1 saturated heterocycles. The second-order valence-electron chi connectivity index (χ2n) is 5.47. The van der Waals surface area contributed by atoms with E-state index in [4.69, 9.17) is 15.5 Å². The van der Waals surface area contributed by atoms with E-state index >= 15 is 0 Å². The Morgan fingerprint density at radius 3 is 2.84 bits per heavy atom. The fourth-order valence-corrected chi connectivity index (χ4v) is 2.58. The van der Waals surface area contributed by atoms with Crippen LogP contribution in [0.5, 0.6) is 0 Å². The van der Waals surface area contributed by atoms with Gasteiger partial charge in [0, 0.05) is 45.6 Å². The third kappa shape index (κ3) is 3.28. The first kappa shape index (κ1) is 14.3. The summed E-state index contributed by atoms with van der Waals surface area (Å²) >= 11 is 0. The van der Waals surface area contributed by atoms with Crippen LogP contribution in [-0.2, 0) is 17.7 Å². The van der Waals surface area contributed by atoms with Crippen molar-refractivity contribution in [2.75, 3.05) is 31.7 Å². The Labute approximate surface area is 115 Å². The number of nitrogens with two attached hydrogens (primary N) is 1. The fraction of sp³-hybridized carbons (Fsp3) is 0.786. The van der Waals surface area contributed by atoms with Gasteiger partial charge in [0.25, 0.3) is 0 Å². The highest BCUT2D eigenvalue weighted by Crippen LogP contribution is 2.23. The topological polar surface area (TPSA) is 56.3 Å². The maximum absolute atomic E-state index is 6.12. The highest BCUT2D eigenvalue weighted by Gasteiger charge is 2.29. The number of rotatable bonds is 6. The van der Waals surface area contributed by atoms with Crippen molar-refractivity contribution in [3.05, 3.63) is 11.9 Å².